The molecular formula is C22H24F3N3O4. The lowest BCUT2D eigenvalue weighted by Crippen LogP contribution is -2.36. The Labute approximate surface area is 183 Å². The lowest BCUT2D eigenvalue weighted by molar-refractivity contribution is -0.192. The van der Waals surface area contributed by atoms with E-state index in [4.69, 9.17) is 14.6 Å². The molecule has 1 amide bonds. The first kappa shape index (κ1) is 24.7. The van der Waals surface area contributed by atoms with E-state index in [1.165, 1.54) is 0 Å². The van der Waals surface area contributed by atoms with Gasteiger partial charge in [0.25, 0.3) is 0 Å². The van der Waals surface area contributed by atoms with E-state index in [0.29, 0.717) is 19.5 Å². The van der Waals surface area contributed by atoms with E-state index < -0.39 is 12.1 Å². The van der Waals surface area contributed by atoms with Crippen LogP contribution < -0.4 is 9.64 Å². The number of methoxy groups -OCH3 is 1. The van der Waals surface area contributed by atoms with Crippen molar-refractivity contribution in [3.63, 3.8) is 0 Å². The molecule has 0 bridgehead atoms. The molecule has 7 nitrogen and oxygen atoms in total. The lowest BCUT2D eigenvalue weighted by atomic mass is 10.1. The average Bonchev–Trinajstić information content (AvgIpc) is 2.94. The number of halogens is 3. The van der Waals surface area contributed by atoms with E-state index in [0.717, 1.165) is 35.8 Å². The van der Waals surface area contributed by atoms with Gasteiger partial charge in [0.05, 0.1) is 13.5 Å². The number of carbonyl (C=O) groups excluding carboxylic acids is 1. The number of aromatic nitrogens is 1. The highest BCUT2D eigenvalue weighted by Gasteiger charge is 2.38. The average molecular weight is 451 g/mol. The van der Waals surface area contributed by atoms with E-state index in [2.05, 4.69) is 16.5 Å². The summed E-state index contributed by atoms with van der Waals surface area (Å²) in [4.78, 5) is 30.3. The molecule has 10 heteroatoms. The van der Waals surface area contributed by atoms with Gasteiger partial charge in [-0.05, 0) is 23.8 Å². The second-order valence-electron chi connectivity index (χ2n) is 6.87. The first-order valence-electron chi connectivity index (χ1n) is 9.66. The number of pyridine rings is 1. The largest absolute Gasteiger partial charge is 0.497 e. The number of hydrogen-bond acceptors (Lipinski definition) is 5. The van der Waals surface area contributed by atoms with E-state index in [9.17, 15) is 18.0 Å². The van der Waals surface area contributed by atoms with Crippen LogP contribution in [0.3, 0.4) is 0 Å². The van der Waals surface area contributed by atoms with Gasteiger partial charge in [-0.3, -0.25) is 4.79 Å². The molecule has 1 aromatic carbocycles. The summed E-state index contributed by atoms with van der Waals surface area (Å²) in [6, 6.07) is 11.6. The number of alkyl halides is 3. The Kier molecular flexibility index (Phi) is 8.62. The summed E-state index contributed by atoms with van der Waals surface area (Å²) in [5.41, 5.74) is 2.03. The summed E-state index contributed by atoms with van der Waals surface area (Å²) in [5, 5.41) is 7.12. The van der Waals surface area contributed by atoms with Crippen molar-refractivity contribution in [2.75, 3.05) is 31.6 Å². The van der Waals surface area contributed by atoms with Crippen LogP contribution in [0.2, 0.25) is 0 Å². The lowest BCUT2D eigenvalue weighted by Gasteiger charge is -2.22. The predicted octanol–water partition coefficient (Wildman–Crippen LogP) is 3.30. The Morgan fingerprint density at radius 1 is 1.25 bits per heavy atom. The van der Waals surface area contributed by atoms with Gasteiger partial charge in [0.15, 0.2) is 0 Å². The van der Waals surface area contributed by atoms with Crippen LogP contribution >= 0.6 is 0 Å². The van der Waals surface area contributed by atoms with E-state index >= 15 is 0 Å². The maximum atomic E-state index is 12.8. The summed E-state index contributed by atoms with van der Waals surface area (Å²) >= 11 is 0. The number of nitrogens with zero attached hydrogens (tertiary/aromatic N) is 3. The highest BCUT2D eigenvalue weighted by atomic mass is 19.4. The molecule has 0 radical (unpaired) electrons. The SMILES string of the molecule is C=CCN1CCN(C(=O)Cc2cccc(OC)c2)Cc2cccnc21.O=C(O)C(F)(F)F. The van der Waals surface area contributed by atoms with Crippen LogP contribution in [0, 0.1) is 0 Å². The quantitative estimate of drug-likeness (QED) is 0.703. The standard InChI is InChI=1S/C20H23N3O2.C2HF3O2/c1-3-10-22-11-12-23(15-17-7-5-9-21-20(17)22)19(24)14-16-6-4-8-18(13-16)25-2;3-2(4,5)1(6)7/h3-9,13H,1,10-12,14-15H2,2H3;(H,6,7). The van der Waals surface area contributed by atoms with Crippen molar-refractivity contribution in [1.29, 1.82) is 0 Å². The van der Waals surface area contributed by atoms with Crippen molar-refractivity contribution in [1.82, 2.24) is 9.88 Å². The molecule has 3 rings (SSSR count). The summed E-state index contributed by atoms with van der Waals surface area (Å²) in [7, 11) is 1.63. The zero-order valence-electron chi connectivity index (χ0n) is 17.5. The fourth-order valence-corrected chi connectivity index (χ4v) is 3.09. The van der Waals surface area contributed by atoms with E-state index in [-0.39, 0.29) is 5.91 Å². The molecule has 1 aromatic heterocycles. The van der Waals surface area contributed by atoms with Gasteiger partial charge in [-0.15, -0.1) is 6.58 Å². The number of ether oxygens (including phenoxy) is 1. The van der Waals surface area contributed by atoms with Gasteiger partial charge in [-0.2, -0.15) is 13.2 Å². The molecule has 1 aliphatic heterocycles. The zero-order chi connectivity index (χ0) is 23.7. The number of carboxylic acids is 1. The van der Waals surface area contributed by atoms with Crippen molar-refractivity contribution in [2.45, 2.75) is 19.1 Å². The minimum atomic E-state index is -5.08. The van der Waals surface area contributed by atoms with Crippen LogP contribution in [0.25, 0.3) is 0 Å². The summed E-state index contributed by atoms with van der Waals surface area (Å²) in [6.45, 7) is 6.55. The second-order valence-corrected chi connectivity index (χ2v) is 6.87. The molecule has 0 saturated carbocycles. The van der Waals surface area contributed by atoms with Crippen LogP contribution in [0.15, 0.2) is 55.3 Å². The number of aliphatic carboxylic acids is 1. The Bertz CT molecular complexity index is 950. The van der Waals surface area contributed by atoms with Crippen molar-refractivity contribution in [2.24, 2.45) is 0 Å². The minimum Gasteiger partial charge on any atom is -0.497 e. The smallest absolute Gasteiger partial charge is 0.490 e. The molecular weight excluding hydrogens is 427 g/mol. The van der Waals surface area contributed by atoms with Crippen LogP contribution in [-0.2, 0) is 22.6 Å². The molecule has 1 aliphatic rings. The van der Waals surface area contributed by atoms with Gasteiger partial charge in [0.1, 0.15) is 11.6 Å². The Morgan fingerprint density at radius 3 is 2.59 bits per heavy atom. The fraction of sp³-hybridized carbons (Fsp3) is 0.318. The summed E-state index contributed by atoms with van der Waals surface area (Å²) in [5.74, 6) is -0.928. The Balaban J connectivity index is 0.000000451. The van der Waals surface area contributed by atoms with Gasteiger partial charge in [-0.1, -0.05) is 24.3 Å². The Morgan fingerprint density at radius 2 is 1.97 bits per heavy atom. The highest BCUT2D eigenvalue weighted by molar-refractivity contribution is 5.79. The van der Waals surface area contributed by atoms with Crippen LogP contribution in [0.4, 0.5) is 19.0 Å². The first-order valence-corrected chi connectivity index (χ1v) is 9.66. The van der Waals surface area contributed by atoms with Gasteiger partial charge in [0.2, 0.25) is 5.91 Å². The number of carbonyl (C=O) groups is 2. The number of carboxylic acid groups (broad SMARTS) is 1. The molecule has 2 aromatic rings. The number of hydrogen-bond donors (Lipinski definition) is 1. The van der Waals surface area contributed by atoms with Gasteiger partial charge < -0.3 is 19.6 Å². The number of anilines is 1. The number of amides is 1. The molecule has 0 fully saturated rings. The molecule has 0 atom stereocenters. The van der Waals surface area contributed by atoms with Crippen molar-refractivity contribution >= 4 is 17.7 Å². The van der Waals surface area contributed by atoms with Gasteiger partial charge in [0, 0.05) is 37.9 Å². The molecule has 0 saturated heterocycles. The topological polar surface area (TPSA) is 83.0 Å². The van der Waals surface area contributed by atoms with Crippen LogP contribution in [-0.4, -0.2) is 59.8 Å². The van der Waals surface area contributed by atoms with Crippen LogP contribution in [0.1, 0.15) is 11.1 Å². The normalized spacial score (nSPS) is 13.2. The minimum absolute atomic E-state index is 0.114. The zero-order valence-corrected chi connectivity index (χ0v) is 17.5. The van der Waals surface area contributed by atoms with Crippen molar-refractivity contribution < 1.29 is 32.6 Å². The van der Waals surface area contributed by atoms with Crippen molar-refractivity contribution in [3.8, 4) is 5.75 Å². The third kappa shape index (κ3) is 7.00. The monoisotopic (exact) mass is 451 g/mol. The molecule has 2 heterocycles. The third-order valence-corrected chi connectivity index (χ3v) is 4.60. The first-order chi connectivity index (χ1) is 15.2. The van der Waals surface area contributed by atoms with Crippen molar-refractivity contribution in [3.05, 3.63) is 66.4 Å². The highest BCUT2D eigenvalue weighted by Crippen LogP contribution is 2.23. The number of fused-ring (bicyclic) bond motifs is 1. The third-order valence-electron chi connectivity index (χ3n) is 4.60. The van der Waals surface area contributed by atoms with E-state index in [1.807, 2.05) is 47.4 Å². The maximum Gasteiger partial charge on any atom is 0.490 e. The van der Waals surface area contributed by atoms with Gasteiger partial charge >= 0.3 is 12.1 Å². The molecule has 0 aliphatic carbocycles. The Hall–Kier alpha value is -3.56. The van der Waals surface area contributed by atoms with Gasteiger partial charge in [-0.25, -0.2) is 9.78 Å². The summed E-state index contributed by atoms with van der Waals surface area (Å²) in [6.07, 6.45) is -1.05. The molecule has 32 heavy (non-hydrogen) atoms. The van der Waals surface area contributed by atoms with Crippen LogP contribution in [0.5, 0.6) is 5.75 Å². The van der Waals surface area contributed by atoms with E-state index in [1.54, 1.807) is 13.3 Å². The fourth-order valence-electron chi connectivity index (χ4n) is 3.09. The second kappa shape index (κ2) is 11.2. The number of benzene rings is 1. The summed E-state index contributed by atoms with van der Waals surface area (Å²) < 4.78 is 37.0. The molecule has 0 spiro atoms. The maximum absolute atomic E-state index is 12.8. The molecule has 0 unspecified atom stereocenters. The number of rotatable bonds is 5. The molecule has 172 valence electrons. The molecule has 1 N–H and O–H groups in total. The predicted molar refractivity (Wildman–Crippen MR) is 112 cm³/mol.